The van der Waals surface area contributed by atoms with Crippen LogP contribution in [0.5, 0.6) is 0 Å². The molecule has 1 aliphatic heterocycles. The third kappa shape index (κ3) is 5.79. The lowest BCUT2D eigenvalue weighted by molar-refractivity contribution is -0.147. The highest BCUT2D eigenvalue weighted by atomic mass is 35.5. The standard InChI is InChI=1S/C25H29Cl2FN2O3/c1-24(2,3)33-23(32)30-12-6-5-11-25(30,18-7-9-21(28)10-8-18)22(31)29(4)16-17-13-19(26)15-20(27)14-17/h7-10,13-15H,5-6,11-12,16H2,1-4H3. The van der Waals surface area contributed by atoms with E-state index in [2.05, 4.69) is 0 Å². The first-order chi connectivity index (χ1) is 15.4. The van der Waals surface area contributed by atoms with Crippen molar-refractivity contribution in [3.8, 4) is 0 Å². The van der Waals surface area contributed by atoms with Crippen molar-refractivity contribution in [3.63, 3.8) is 0 Å². The molecule has 0 aliphatic carbocycles. The number of rotatable bonds is 4. The van der Waals surface area contributed by atoms with Gasteiger partial charge in [0.2, 0.25) is 0 Å². The summed E-state index contributed by atoms with van der Waals surface area (Å²) >= 11 is 12.3. The SMILES string of the molecule is CN(Cc1cc(Cl)cc(Cl)c1)C(=O)C1(c2ccc(F)cc2)CCCCN1C(=O)OC(C)(C)C. The third-order valence-corrected chi connectivity index (χ3v) is 6.05. The van der Waals surface area contributed by atoms with E-state index in [1.54, 1.807) is 63.1 Å². The summed E-state index contributed by atoms with van der Waals surface area (Å²) in [5, 5.41) is 0.944. The van der Waals surface area contributed by atoms with E-state index in [-0.39, 0.29) is 12.5 Å². The molecule has 0 N–H and O–H groups in total. The van der Waals surface area contributed by atoms with Gasteiger partial charge in [-0.05, 0) is 81.5 Å². The lowest BCUT2D eigenvalue weighted by Gasteiger charge is -2.47. The Morgan fingerprint density at radius 1 is 1.09 bits per heavy atom. The molecule has 0 bridgehead atoms. The molecule has 0 aromatic heterocycles. The molecule has 5 nitrogen and oxygen atoms in total. The van der Waals surface area contributed by atoms with Crippen molar-refractivity contribution in [2.24, 2.45) is 0 Å². The molecule has 1 heterocycles. The number of benzene rings is 2. The molecule has 0 spiro atoms. The quantitative estimate of drug-likeness (QED) is 0.493. The predicted octanol–water partition coefficient (Wildman–Crippen LogP) is 6.41. The minimum atomic E-state index is -1.31. The lowest BCUT2D eigenvalue weighted by Crippen LogP contribution is -2.61. The second-order valence-corrected chi connectivity index (χ2v) is 10.3. The molecule has 178 valence electrons. The smallest absolute Gasteiger partial charge is 0.411 e. The first-order valence-electron chi connectivity index (χ1n) is 10.9. The van der Waals surface area contributed by atoms with Crippen LogP contribution in [0.1, 0.15) is 51.2 Å². The van der Waals surface area contributed by atoms with Crippen LogP contribution >= 0.6 is 23.2 Å². The monoisotopic (exact) mass is 494 g/mol. The fourth-order valence-electron chi connectivity index (χ4n) is 4.28. The first kappa shape index (κ1) is 25.3. The molecule has 1 aliphatic rings. The van der Waals surface area contributed by atoms with Gasteiger partial charge in [0.05, 0.1) is 0 Å². The van der Waals surface area contributed by atoms with Gasteiger partial charge in [-0.2, -0.15) is 0 Å². The molecular weight excluding hydrogens is 466 g/mol. The van der Waals surface area contributed by atoms with Gasteiger partial charge in [0.25, 0.3) is 5.91 Å². The maximum Gasteiger partial charge on any atom is 0.411 e. The number of carbonyl (C=O) groups excluding carboxylic acids is 2. The summed E-state index contributed by atoms with van der Waals surface area (Å²) in [6.07, 6.45) is 1.30. The van der Waals surface area contributed by atoms with Crippen LogP contribution in [0.25, 0.3) is 0 Å². The van der Waals surface area contributed by atoms with Gasteiger partial charge in [0.15, 0.2) is 5.54 Å². The van der Waals surface area contributed by atoms with Crippen LogP contribution < -0.4 is 0 Å². The number of hydrogen-bond donors (Lipinski definition) is 0. The molecule has 1 unspecified atom stereocenters. The van der Waals surface area contributed by atoms with Crippen molar-refractivity contribution in [1.29, 1.82) is 0 Å². The zero-order valence-corrected chi connectivity index (χ0v) is 20.8. The minimum Gasteiger partial charge on any atom is -0.444 e. The Labute approximate surface area is 204 Å². The van der Waals surface area contributed by atoms with Gasteiger partial charge in [0, 0.05) is 30.2 Å². The van der Waals surface area contributed by atoms with Crippen LogP contribution in [-0.4, -0.2) is 41.0 Å². The third-order valence-electron chi connectivity index (χ3n) is 5.61. The average molecular weight is 495 g/mol. The Bertz CT molecular complexity index is 1000. The highest BCUT2D eigenvalue weighted by molar-refractivity contribution is 6.34. The summed E-state index contributed by atoms with van der Waals surface area (Å²) < 4.78 is 19.4. The van der Waals surface area contributed by atoms with Crippen LogP contribution in [0.15, 0.2) is 42.5 Å². The topological polar surface area (TPSA) is 49.9 Å². The van der Waals surface area contributed by atoms with Crippen molar-refractivity contribution in [1.82, 2.24) is 9.80 Å². The molecule has 3 rings (SSSR count). The second kappa shape index (κ2) is 9.90. The molecule has 8 heteroatoms. The van der Waals surface area contributed by atoms with Crippen molar-refractivity contribution in [3.05, 3.63) is 69.5 Å². The van der Waals surface area contributed by atoms with Gasteiger partial charge in [0.1, 0.15) is 11.4 Å². The van der Waals surface area contributed by atoms with E-state index in [4.69, 9.17) is 27.9 Å². The number of ether oxygens (including phenoxy) is 1. The van der Waals surface area contributed by atoms with Crippen LogP contribution in [-0.2, 0) is 21.6 Å². The van der Waals surface area contributed by atoms with Crippen molar-refractivity contribution < 1.29 is 18.7 Å². The minimum absolute atomic E-state index is 0.240. The summed E-state index contributed by atoms with van der Waals surface area (Å²) in [4.78, 5) is 30.4. The summed E-state index contributed by atoms with van der Waals surface area (Å²) in [6.45, 7) is 5.95. The summed E-state index contributed by atoms with van der Waals surface area (Å²) in [6, 6.07) is 10.9. The van der Waals surface area contributed by atoms with Gasteiger partial charge >= 0.3 is 6.09 Å². The maximum absolute atomic E-state index is 14.1. The van der Waals surface area contributed by atoms with Gasteiger partial charge in [-0.15, -0.1) is 0 Å². The number of likely N-dealkylation sites (tertiary alicyclic amines) is 1. The largest absolute Gasteiger partial charge is 0.444 e. The Kier molecular flexibility index (Phi) is 7.59. The van der Waals surface area contributed by atoms with Gasteiger partial charge in [-0.1, -0.05) is 35.3 Å². The van der Waals surface area contributed by atoms with Crippen molar-refractivity contribution >= 4 is 35.2 Å². The van der Waals surface area contributed by atoms with E-state index in [1.165, 1.54) is 17.0 Å². The van der Waals surface area contributed by atoms with Crippen LogP contribution in [0, 0.1) is 5.82 Å². The number of amides is 2. The highest BCUT2D eigenvalue weighted by Crippen LogP contribution is 2.41. The highest BCUT2D eigenvalue weighted by Gasteiger charge is 2.51. The number of nitrogens with zero attached hydrogens (tertiary/aromatic N) is 2. The molecule has 0 radical (unpaired) electrons. The fraction of sp³-hybridized carbons (Fsp3) is 0.440. The van der Waals surface area contributed by atoms with E-state index in [0.29, 0.717) is 28.6 Å². The molecule has 2 aromatic rings. The number of hydrogen-bond acceptors (Lipinski definition) is 3. The van der Waals surface area contributed by atoms with Gasteiger partial charge in [-0.25, -0.2) is 9.18 Å². The van der Waals surface area contributed by atoms with Gasteiger partial charge in [-0.3, -0.25) is 9.69 Å². The van der Waals surface area contributed by atoms with Crippen molar-refractivity contribution in [2.75, 3.05) is 13.6 Å². The normalized spacial score (nSPS) is 18.7. The first-order valence-corrected chi connectivity index (χ1v) is 11.7. The van der Waals surface area contributed by atoms with E-state index >= 15 is 0 Å². The van der Waals surface area contributed by atoms with Gasteiger partial charge < -0.3 is 9.64 Å². The van der Waals surface area contributed by atoms with E-state index in [0.717, 1.165) is 18.4 Å². The zero-order valence-electron chi connectivity index (χ0n) is 19.3. The maximum atomic E-state index is 14.1. The van der Waals surface area contributed by atoms with Crippen LogP contribution in [0.2, 0.25) is 10.0 Å². The molecule has 2 amide bonds. The summed E-state index contributed by atoms with van der Waals surface area (Å²) in [5.74, 6) is -0.696. The molecule has 1 fully saturated rings. The fourth-order valence-corrected chi connectivity index (χ4v) is 4.85. The van der Waals surface area contributed by atoms with Crippen molar-refractivity contribution in [2.45, 2.75) is 57.7 Å². The Morgan fingerprint density at radius 3 is 2.27 bits per heavy atom. The number of likely N-dealkylation sites (N-methyl/N-ethyl adjacent to an activating group) is 1. The number of halogens is 3. The molecule has 0 saturated carbocycles. The lowest BCUT2D eigenvalue weighted by atomic mass is 9.79. The second-order valence-electron chi connectivity index (χ2n) is 9.40. The predicted molar refractivity (Wildman–Crippen MR) is 128 cm³/mol. The zero-order chi connectivity index (χ0) is 24.4. The number of piperidine rings is 1. The Balaban J connectivity index is 2.04. The van der Waals surface area contributed by atoms with E-state index in [1.807, 2.05) is 0 Å². The summed E-state index contributed by atoms with van der Waals surface area (Å²) in [7, 11) is 1.67. The average Bonchev–Trinajstić information content (AvgIpc) is 2.71. The van der Waals surface area contributed by atoms with E-state index in [9.17, 15) is 14.0 Å². The molecule has 1 saturated heterocycles. The Morgan fingerprint density at radius 2 is 1.70 bits per heavy atom. The molecular formula is C25H29Cl2FN2O3. The summed E-state index contributed by atoms with van der Waals surface area (Å²) in [5.41, 5.74) is -0.728. The molecule has 1 atom stereocenters. The molecule has 2 aromatic carbocycles. The molecule has 33 heavy (non-hydrogen) atoms. The Hall–Kier alpha value is -2.31. The van der Waals surface area contributed by atoms with E-state index < -0.39 is 23.1 Å². The van der Waals surface area contributed by atoms with Crippen LogP contribution in [0.4, 0.5) is 9.18 Å². The number of carbonyl (C=O) groups is 2. The van der Waals surface area contributed by atoms with Crippen LogP contribution in [0.3, 0.4) is 0 Å².